The number of hydrogen-bond donors (Lipinski definition) is 4. The lowest BCUT2D eigenvalue weighted by molar-refractivity contribution is -0.132. The first kappa shape index (κ1) is 28.8. The maximum Gasteiger partial charge on any atom is 0.250 e. The van der Waals surface area contributed by atoms with Crippen LogP contribution in [0.15, 0.2) is 85.1 Å². The number of para-hydroxylation sites is 1. The molecule has 224 valence electrons. The maximum absolute atomic E-state index is 14.1. The lowest BCUT2D eigenvalue weighted by Gasteiger charge is -2.29. The Balaban J connectivity index is 1.20. The highest BCUT2D eigenvalue weighted by Gasteiger charge is 2.44. The second kappa shape index (κ2) is 12.9. The van der Waals surface area contributed by atoms with Crippen LogP contribution in [0.4, 0.5) is 5.69 Å². The molecule has 2 aliphatic rings. The van der Waals surface area contributed by atoms with E-state index >= 15 is 0 Å². The van der Waals surface area contributed by atoms with E-state index in [1.807, 2.05) is 78.9 Å². The number of H-pyrrole nitrogens is 1. The van der Waals surface area contributed by atoms with Crippen molar-refractivity contribution >= 4 is 29.3 Å². The van der Waals surface area contributed by atoms with E-state index in [4.69, 9.17) is 0 Å². The summed E-state index contributed by atoms with van der Waals surface area (Å²) in [7, 11) is 0. The van der Waals surface area contributed by atoms with Gasteiger partial charge in [0.15, 0.2) is 0 Å². The van der Waals surface area contributed by atoms with Crippen molar-refractivity contribution in [3.05, 3.63) is 113 Å². The minimum Gasteiger partial charge on any atom is -0.348 e. The average Bonchev–Trinajstić information content (AvgIpc) is 3.68. The second-order valence-corrected chi connectivity index (χ2v) is 11.1. The fraction of sp³-hybridized carbons (Fsp3) is 0.273. The van der Waals surface area contributed by atoms with Crippen LogP contribution in [0.1, 0.15) is 34.4 Å². The highest BCUT2D eigenvalue weighted by Crippen LogP contribution is 2.39. The van der Waals surface area contributed by atoms with Crippen molar-refractivity contribution in [1.29, 1.82) is 0 Å². The third-order valence-electron chi connectivity index (χ3n) is 8.08. The van der Waals surface area contributed by atoms with Crippen LogP contribution < -0.4 is 20.9 Å². The van der Waals surface area contributed by atoms with Crippen LogP contribution in [0.3, 0.4) is 0 Å². The molecule has 0 saturated heterocycles. The summed E-state index contributed by atoms with van der Waals surface area (Å²) >= 11 is 0. The Kier molecular flexibility index (Phi) is 8.44. The zero-order chi connectivity index (χ0) is 30.5. The highest BCUT2D eigenvalue weighted by atomic mass is 16.2. The number of nitrogens with one attached hydrogen (secondary N) is 4. The van der Waals surface area contributed by atoms with Crippen LogP contribution in [-0.2, 0) is 51.4 Å². The largest absolute Gasteiger partial charge is 0.348 e. The van der Waals surface area contributed by atoms with Crippen molar-refractivity contribution in [3.63, 3.8) is 0 Å². The monoisotopic (exact) mass is 591 g/mol. The summed E-state index contributed by atoms with van der Waals surface area (Å²) in [6.45, 7) is 0.168. The van der Waals surface area contributed by atoms with Gasteiger partial charge in [-0.05, 0) is 35.1 Å². The first-order chi connectivity index (χ1) is 21.5. The third-order valence-corrected chi connectivity index (χ3v) is 8.08. The Labute approximate surface area is 254 Å². The number of hydrogen-bond acceptors (Lipinski definition) is 6. The van der Waals surface area contributed by atoms with Gasteiger partial charge in [-0.1, -0.05) is 78.9 Å². The lowest BCUT2D eigenvalue weighted by atomic mass is 10.0. The van der Waals surface area contributed by atoms with Crippen molar-refractivity contribution in [1.82, 2.24) is 31.4 Å². The number of benzene rings is 3. The molecule has 3 atom stereocenters. The van der Waals surface area contributed by atoms with Gasteiger partial charge >= 0.3 is 0 Å². The van der Waals surface area contributed by atoms with Gasteiger partial charge in [-0.15, -0.1) is 0 Å². The minimum absolute atomic E-state index is 0.124. The zero-order valence-corrected chi connectivity index (χ0v) is 24.0. The molecule has 6 rings (SSSR count). The SMILES string of the molecule is O=C(Cc1ccccc1)N[C@@H](Cc1ccccc1)C(=O)N[C@H]1CCc2cccc3c2N(C1=O)[C@H](C(=O)NCc1cn[nH]n1)C3. The van der Waals surface area contributed by atoms with E-state index < -0.39 is 24.0 Å². The van der Waals surface area contributed by atoms with Crippen molar-refractivity contribution in [2.75, 3.05) is 4.90 Å². The molecule has 4 amide bonds. The van der Waals surface area contributed by atoms with Crippen molar-refractivity contribution in [2.24, 2.45) is 0 Å². The predicted octanol–water partition coefficient (Wildman–Crippen LogP) is 1.78. The minimum atomic E-state index is -0.900. The van der Waals surface area contributed by atoms with E-state index in [-0.39, 0.29) is 37.1 Å². The molecule has 0 aliphatic carbocycles. The number of aromatic amines is 1. The van der Waals surface area contributed by atoms with Crippen LogP contribution in [0.25, 0.3) is 0 Å². The van der Waals surface area contributed by atoms with Gasteiger partial charge in [-0.3, -0.25) is 24.1 Å². The normalized spacial score (nSPS) is 17.7. The van der Waals surface area contributed by atoms with Gasteiger partial charge in [0, 0.05) is 12.8 Å². The summed E-state index contributed by atoms with van der Waals surface area (Å²) in [4.78, 5) is 55.9. The number of nitrogens with zero attached hydrogens (tertiary/aromatic N) is 3. The topological polar surface area (TPSA) is 149 Å². The molecule has 4 N–H and O–H groups in total. The first-order valence-electron chi connectivity index (χ1n) is 14.7. The van der Waals surface area contributed by atoms with Gasteiger partial charge < -0.3 is 16.0 Å². The molecule has 3 heterocycles. The van der Waals surface area contributed by atoms with E-state index in [0.29, 0.717) is 25.0 Å². The smallest absolute Gasteiger partial charge is 0.250 e. The zero-order valence-electron chi connectivity index (χ0n) is 24.0. The Morgan fingerprint density at radius 3 is 2.39 bits per heavy atom. The van der Waals surface area contributed by atoms with Gasteiger partial charge in [0.2, 0.25) is 23.6 Å². The Bertz CT molecular complexity index is 1640. The molecule has 0 bridgehead atoms. The van der Waals surface area contributed by atoms with Crippen LogP contribution in [0.5, 0.6) is 0 Å². The molecule has 44 heavy (non-hydrogen) atoms. The first-order valence-corrected chi connectivity index (χ1v) is 14.7. The summed E-state index contributed by atoms with van der Waals surface area (Å²) < 4.78 is 0. The van der Waals surface area contributed by atoms with Crippen LogP contribution >= 0.6 is 0 Å². The standard InChI is InChI=1S/C33H33N7O4/c41-29(17-22-10-5-2-6-11-22)36-27(16-21-8-3-1-4-9-21)31(42)37-26-15-14-23-12-7-13-24-18-28(40(30(23)24)33(26)44)32(43)34-19-25-20-35-39-38-25/h1-13,20,26-28H,14-19H2,(H,34,43)(H,36,41)(H,37,42)(H,35,38,39)/t26-,27-,28-/m0/s1. The van der Waals surface area contributed by atoms with E-state index in [9.17, 15) is 19.2 Å². The summed E-state index contributed by atoms with van der Waals surface area (Å²) in [6, 6.07) is 22.0. The summed E-state index contributed by atoms with van der Waals surface area (Å²) in [5, 5.41) is 18.9. The molecule has 0 spiro atoms. The van der Waals surface area contributed by atoms with Crippen molar-refractivity contribution in [3.8, 4) is 0 Å². The molecule has 0 unspecified atom stereocenters. The molecule has 3 aromatic carbocycles. The summed E-state index contributed by atoms with van der Waals surface area (Å²) in [5.74, 6) is -1.41. The molecule has 11 heteroatoms. The molecule has 1 aromatic heterocycles. The second-order valence-electron chi connectivity index (χ2n) is 11.1. The van der Waals surface area contributed by atoms with E-state index in [1.54, 1.807) is 4.90 Å². The molecule has 0 radical (unpaired) electrons. The van der Waals surface area contributed by atoms with E-state index in [0.717, 1.165) is 27.9 Å². The average molecular weight is 592 g/mol. The fourth-order valence-electron chi connectivity index (χ4n) is 5.94. The van der Waals surface area contributed by atoms with E-state index in [1.165, 1.54) is 6.20 Å². The molecule has 2 aliphatic heterocycles. The van der Waals surface area contributed by atoms with Gasteiger partial charge in [-0.25, -0.2) is 0 Å². The molecule has 0 saturated carbocycles. The molecule has 11 nitrogen and oxygen atoms in total. The molecular formula is C33H33N7O4. The van der Waals surface area contributed by atoms with Crippen molar-refractivity contribution < 1.29 is 19.2 Å². The molecule has 0 fully saturated rings. The van der Waals surface area contributed by atoms with Crippen molar-refractivity contribution in [2.45, 2.75) is 56.8 Å². The van der Waals surface area contributed by atoms with E-state index in [2.05, 4.69) is 31.4 Å². The summed E-state index contributed by atoms with van der Waals surface area (Å²) in [5.41, 5.74) is 4.89. The number of amides is 4. The Morgan fingerprint density at radius 1 is 0.932 bits per heavy atom. The van der Waals surface area contributed by atoms with Crippen LogP contribution in [0.2, 0.25) is 0 Å². The van der Waals surface area contributed by atoms with Gasteiger partial charge in [0.05, 0.1) is 24.8 Å². The molecular weight excluding hydrogens is 558 g/mol. The van der Waals surface area contributed by atoms with Crippen LogP contribution in [-0.4, -0.2) is 57.2 Å². The third kappa shape index (κ3) is 6.36. The number of aromatic nitrogens is 3. The maximum atomic E-state index is 14.1. The quantitative estimate of drug-likeness (QED) is 0.221. The van der Waals surface area contributed by atoms with Gasteiger partial charge in [0.1, 0.15) is 23.8 Å². The number of aryl methyl sites for hydroxylation is 1. The predicted molar refractivity (Wildman–Crippen MR) is 162 cm³/mol. The number of anilines is 1. The van der Waals surface area contributed by atoms with Gasteiger partial charge in [0.25, 0.3) is 0 Å². The Morgan fingerprint density at radius 2 is 1.66 bits per heavy atom. The number of carbonyl (C=O) groups is 4. The fourth-order valence-corrected chi connectivity index (χ4v) is 5.94. The summed E-state index contributed by atoms with van der Waals surface area (Å²) in [6.07, 6.45) is 3.18. The number of rotatable bonds is 10. The lowest BCUT2D eigenvalue weighted by Crippen LogP contribution is -2.57. The highest BCUT2D eigenvalue weighted by molar-refractivity contribution is 6.08. The molecule has 4 aromatic rings. The number of carbonyl (C=O) groups excluding carboxylic acids is 4. The Hall–Kier alpha value is -5.32. The van der Waals surface area contributed by atoms with Crippen LogP contribution in [0, 0.1) is 0 Å². The van der Waals surface area contributed by atoms with Gasteiger partial charge in [-0.2, -0.15) is 15.4 Å².